The maximum atomic E-state index is 12.0. The topological polar surface area (TPSA) is 57.3 Å². The first kappa shape index (κ1) is 18.1. The van der Waals surface area contributed by atoms with Crippen LogP contribution in [0.2, 0.25) is 0 Å². The van der Waals surface area contributed by atoms with Gasteiger partial charge in [0.2, 0.25) is 0 Å². The van der Waals surface area contributed by atoms with Crippen LogP contribution in [-0.4, -0.2) is 37.1 Å². The van der Waals surface area contributed by atoms with Crippen LogP contribution in [0, 0.1) is 0 Å². The Morgan fingerprint density at radius 2 is 1.92 bits per heavy atom. The molecule has 6 heteroatoms. The van der Waals surface area contributed by atoms with Gasteiger partial charge in [0.05, 0.1) is 0 Å². The zero-order valence-corrected chi connectivity index (χ0v) is 15.2. The summed E-state index contributed by atoms with van der Waals surface area (Å²) in [6, 6.07) is 11.6. The Balaban J connectivity index is 1.83. The molecule has 1 aromatic carbocycles. The normalized spacial score (nSPS) is 10.3. The van der Waals surface area contributed by atoms with E-state index in [1.165, 1.54) is 5.56 Å². The number of nitrogens with one attached hydrogen (secondary N) is 2. The molecule has 0 saturated carbocycles. The number of rotatable bonds is 7. The van der Waals surface area contributed by atoms with Gasteiger partial charge in [-0.25, -0.2) is 9.78 Å². The van der Waals surface area contributed by atoms with E-state index < -0.39 is 0 Å². The Bertz CT molecular complexity index is 658. The second-order valence-electron chi connectivity index (χ2n) is 5.66. The van der Waals surface area contributed by atoms with Gasteiger partial charge in [0, 0.05) is 32.5 Å². The Morgan fingerprint density at radius 3 is 2.58 bits per heavy atom. The zero-order valence-electron chi connectivity index (χ0n) is 14.4. The number of urea groups is 1. The lowest BCUT2D eigenvalue weighted by Gasteiger charge is -2.13. The number of carbonyl (C=O) groups is 1. The molecule has 0 spiro atoms. The van der Waals surface area contributed by atoms with Gasteiger partial charge >= 0.3 is 6.03 Å². The Morgan fingerprint density at radius 1 is 1.17 bits per heavy atom. The molecule has 0 radical (unpaired) electrons. The van der Waals surface area contributed by atoms with Crippen molar-refractivity contribution in [3.05, 3.63) is 53.7 Å². The highest BCUT2D eigenvalue weighted by Gasteiger charge is 2.04. The number of aromatic nitrogens is 1. The van der Waals surface area contributed by atoms with Crippen LogP contribution in [-0.2, 0) is 13.0 Å². The van der Waals surface area contributed by atoms with Crippen molar-refractivity contribution in [3.63, 3.8) is 0 Å². The molecule has 5 nitrogen and oxygen atoms in total. The second kappa shape index (κ2) is 9.17. The quantitative estimate of drug-likeness (QED) is 0.808. The molecule has 0 bridgehead atoms. The maximum absolute atomic E-state index is 12.0. The van der Waals surface area contributed by atoms with Crippen LogP contribution in [0.4, 0.5) is 16.3 Å². The van der Waals surface area contributed by atoms with E-state index in [9.17, 15) is 4.79 Å². The van der Waals surface area contributed by atoms with Gasteiger partial charge in [0.15, 0.2) is 0 Å². The predicted octanol–water partition coefficient (Wildman–Crippen LogP) is 3.37. The molecule has 0 aliphatic heterocycles. The molecule has 2 N–H and O–H groups in total. The van der Waals surface area contributed by atoms with Crippen LogP contribution < -0.4 is 15.5 Å². The summed E-state index contributed by atoms with van der Waals surface area (Å²) in [5.41, 5.74) is 3.09. The highest BCUT2D eigenvalue weighted by molar-refractivity contribution is 7.98. The van der Waals surface area contributed by atoms with E-state index in [4.69, 9.17) is 0 Å². The molecule has 2 rings (SSSR count). The van der Waals surface area contributed by atoms with Gasteiger partial charge in [0.25, 0.3) is 0 Å². The van der Waals surface area contributed by atoms with Gasteiger partial charge in [-0.2, -0.15) is 11.8 Å². The number of amides is 2. The first-order chi connectivity index (χ1) is 11.6. The van der Waals surface area contributed by atoms with E-state index in [-0.39, 0.29) is 6.03 Å². The molecule has 1 aromatic heterocycles. The number of carbonyl (C=O) groups excluding carboxylic acids is 1. The summed E-state index contributed by atoms with van der Waals surface area (Å²) in [6.45, 7) is 0.459. The standard InChI is InChI=1S/C18H24N4OS/c1-22(2)17-12-15(8-10-19-17)13-20-18(23)21-16-6-4-14(5-7-16)9-11-24-3/h4-8,10,12H,9,11,13H2,1-3H3,(H2,20,21,23). The third-order valence-corrected chi connectivity index (χ3v) is 4.14. The SMILES string of the molecule is CSCCc1ccc(NC(=O)NCc2ccnc(N(C)C)c2)cc1. The van der Waals surface area contributed by atoms with E-state index in [0.717, 1.165) is 29.2 Å². The van der Waals surface area contributed by atoms with Gasteiger partial charge in [0.1, 0.15) is 5.82 Å². The lowest BCUT2D eigenvalue weighted by atomic mass is 10.1. The highest BCUT2D eigenvalue weighted by Crippen LogP contribution is 2.12. The molecular formula is C18H24N4OS. The summed E-state index contributed by atoms with van der Waals surface area (Å²) >= 11 is 1.83. The molecule has 0 fully saturated rings. The minimum atomic E-state index is -0.213. The van der Waals surface area contributed by atoms with Gasteiger partial charge in [-0.15, -0.1) is 0 Å². The molecule has 0 unspecified atom stereocenters. The summed E-state index contributed by atoms with van der Waals surface area (Å²) in [6.07, 6.45) is 4.89. The van der Waals surface area contributed by atoms with Gasteiger partial charge in [-0.3, -0.25) is 0 Å². The summed E-state index contributed by atoms with van der Waals surface area (Å²) in [7, 11) is 3.88. The van der Waals surface area contributed by atoms with Crippen LogP contribution >= 0.6 is 11.8 Å². The van der Waals surface area contributed by atoms with Crippen molar-refractivity contribution in [2.24, 2.45) is 0 Å². The Labute approximate surface area is 147 Å². The Kier molecular flexibility index (Phi) is 6.93. The molecule has 0 aliphatic rings. The van der Waals surface area contributed by atoms with Crippen LogP contribution in [0.3, 0.4) is 0 Å². The predicted molar refractivity (Wildman–Crippen MR) is 103 cm³/mol. The van der Waals surface area contributed by atoms with Crippen LogP contribution in [0.5, 0.6) is 0 Å². The van der Waals surface area contributed by atoms with Crippen molar-refractivity contribution in [3.8, 4) is 0 Å². The molecular weight excluding hydrogens is 320 g/mol. The van der Waals surface area contributed by atoms with Gasteiger partial charge in [-0.05, 0) is 53.8 Å². The fourth-order valence-corrected chi connectivity index (χ4v) is 2.59. The number of thioether (sulfide) groups is 1. The Hall–Kier alpha value is -2.21. The summed E-state index contributed by atoms with van der Waals surface area (Å²) in [5, 5.41) is 5.71. The number of nitrogens with zero attached hydrogens (tertiary/aromatic N) is 2. The van der Waals surface area contributed by atoms with E-state index in [2.05, 4.69) is 34.0 Å². The molecule has 2 aromatic rings. The van der Waals surface area contributed by atoms with Gasteiger partial charge in [-0.1, -0.05) is 12.1 Å². The molecule has 1 heterocycles. The van der Waals surface area contributed by atoms with Crippen LogP contribution in [0.25, 0.3) is 0 Å². The van der Waals surface area contributed by atoms with Crippen molar-refractivity contribution < 1.29 is 4.79 Å². The summed E-state index contributed by atoms with van der Waals surface area (Å²) < 4.78 is 0. The van der Waals surface area contributed by atoms with Crippen LogP contribution in [0.1, 0.15) is 11.1 Å². The zero-order chi connectivity index (χ0) is 17.4. The monoisotopic (exact) mass is 344 g/mol. The third-order valence-electron chi connectivity index (χ3n) is 3.53. The van der Waals surface area contributed by atoms with E-state index in [1.54, 1.807) is 6.20 Å². The lowest BCUT2D eigenvalue weighted by Crippen LogP contribution is -2.28. The molecule has 24 heavy (non-hydrogen) atoms. The minimum Gasteiger partial charge on any atom is -0.363 e. The largest absolute Gasteiger partial charge is 0.363 e. The number of pyridine rings is 1. The first-order valence-corrected chi connectivity index (χ1v) is 9.23. The number of hydrogen-bond donors (Lipinski definition) is 2. The molecule has 0 saturated heterocycles. The average molecular weight is 344 g/mol. The lowest BCUT2D eigenvalue weighted by molar-refractivity contribution is 0.251. The van der Waals surface area contributed by atoms with Crippen molar-refractivity contribution >= 4 is 29.3 Å². The van der Waals surface area contributed by atoms with Crippen molar-refractivity contribution in [2.75, 3.05) is 36.3 Å². The van der Waals surface area contributed by atoms with Gasteiger partial charge < -0.3 is 15.5 Å². The minimum absolute atomic E-state index is 0.213. The number of benzene rings is 1. The second-order valence-corrected chi connectivity index (χ2v) is 6.65. The number of anilines is 2. The smallest absolute Gasteiger partial charge is 0.319 e. The van der Waals surface area contributed by atoms with Crippen molar-refractivity contribution in [1.29, 1.82) is 0 Å². The van der Waals surface area contributed by atoms with Crippen molar-refractivity contribution in [1.82, 2.24) is 10.3 Å². The molecule has 0 atom stereocenters. The number of aryl methyl sites for hydroxylation is 1. The van der Waals surface area contributed by atoms with Crippen molar-refractivity contribution in [2.45, 2.75) is 13.0 Å². The van der Waals surface area contributed by atoms with E-state index in [1.807, 2.05) is 55.0 Å². The van der Waals surface area contributed by atoms with E-state index in [0.29, 0.717) is 6.54 Å². The molecule has 0 aliphatic carbocycles. The molecule has 128 valence electrons. The third kappa shape index (κ3) is 5.77. The first-order valence-electron chi connectivity index (χ1n) is 7.83. The highest BCUT2D eigenvalue weighted by atomic mass is 32.2. The number of hydrogen-bond acceptors (Lipinski definition) is 4. The average Bonchev–Trinajstić information content (AvgIpc) is 2.59. The summed E-state index contributed by atoms with van der Waals surface area (Å²) in [5.74, 6) is 1.98. The molecule has 2 amide bonds. The summed E-state index contributed by atoms with van der Waals surface area (Å²) in [4.78, 5) is 18.2. The fraction of sp³-hybridized carbons (Fsp3) is 0.333. The van der Waals surface area contributed by atoms with E-state index >= 15 is 0 Å². The van der Waals surface area contributed by atoms with Crippen LogP contribution in [0.15, 0.2) is 42.6 Å². The maximum Gasteiger partial charge on any atom is 0.319 e. The fourth-order valence-electron chi connectivity index (χ4n) is 2.15.